The van der Waals surface area contributed by atoms with Gasteiger partial charge in [0.1, 0.15) is 5.75 Å². The molecule has 6 heteroatoms. The average molecular weight is 266 g/mol. The molecule has 5 nitrogen and oxygen atoms in total. The fourth-order valence-electron chi connectivity index (χ4n) is 1.63. The Hall–Kier alpha value is -1.59. The monoisotopic (exact) mass is 265 g/mol. The fraction of sp³-hybridized carbons (Fsp3) is 0.333. The van der Waals surface area contributed by atoms with E-state index in [2.05, 4.69) is 15.5 Å². The van der Waals surface area contributed by atoms with Gasteiger partial charge in [-0.05, 0) is 31.0 Å². The third-order valence-electron chi connectivity index (χ3n) is 2.77. The summed E-state index contributed by atoms with van der Waals surface area (Å²) in [6.45, 7) is 0.564. The van der Waals surface area contributed by atoms with Crippen molar-refractivity contribution < 1.29 is 9.52 Å². The maximum Gasteiger partial charge on any atom is 0.249 e. The molecule has 0 amide bonds. The molecule has 0 radical (unpaired) electrons. The highest BCUT2D eigenvalue weighted by molar-refractivity contribution is 6.33. The third-order valence-corrected chi connectivity index (χ3v) is 3.10. The lowest BCUT2D eigenvalue weighted by Gasteiger charge is -1.99. The molecule has 3 rings (SSSR count). The summed E-state index contributed by atoms with van der Waals surface area (Å²) >= 11 is 6.02. The smallest absolute Gasteiger partial charge is 0.249 e. The van der Waals surface area contributed by atoms with E-state index in [4.69, 9.17) is 16.0 Å². The van der Waals surface area contributed by atoms with Crippen LogP contribution in [0.2, 0.25) is 5.02 Å². The minimum atomic E-state index is 0.116. The molecule has 0 aliphatic heterocycles. The van der Waals surface area contributed by atoms with Crippen molar-refractivity contribution in [1.29, 1.82) is 0 Å². The molecule has 1 aromatic heterocycles. The van der Waals surface area contributed by atoms with E-state index in [0.717, 1.165) is 0 Å². The first-order valence-corrected chi connectivity index (χ1v) is 6.15. The number of hydrogen-bond acceptors (Lipinski definition) is 5. The van der Waals surface area contributed by atoms with Crippen LogP contribution in [-0.2, 0) is 6.54 Å². The summed E-state index contributed by atoms with van der Waals surface area (Å²) in [7, 11) is 0. The first kappa shape index (κ1) is 11.5. The molecule has 94 valence electrons. The van der Waals surface area contributed by atoms with Crippen molar-refractivity contribution in [1.82, 2.24) is 15.5 Å². The van der Waals surface area contributed by atoms with Crippen molar-refractivity contribution >= 4 is 11.6 Å². The van der Waals surface area contributed by atoms with Crippen LogP contribution in [0.25, 0.3) is 11.5 Å². The quantitative estimate of drug-likeness (QED) is 0.888. The largest absolute Gasteiger partial charge is 0.508 e. The molecule has 0 unspecified atom stereocenters. The second-order valence-corrected chi connectivity index (χ2v) is 4.73. The molecule has 18 heavy (non-hydrogen) atoms. The lowest BCUT2D eigenvalue weighted by atomic mass is 10.2. The van der Waals surface area contributed by atoms with Crippen molar-refractivity contribution in [2.24, 2.45) is 0 Å². The van der Waals surface area contributed by atoms with Gasteiger partial charge in [0.15, 0.2) is 0 Å². The fourth-order valence-corrected chi connectivity index (χ4v) is 1.83. The summed E-state index contributed by atoms with van der Waals surface area (Å²) in [6.07, 6.45) is 2.42. The number of nitrogens with one attached hydrogen (secondary N) is 1. The zero-order valence-corrected chi connectivity index (χ0v) is 10.3. The lowest BCUT2D eigenvalue weighted by molar-refractivity contribution is 0.470. The van der Waals surface area contributed by atoms with E-state index in [1.54, 1.807) is 6.07 Å². The predicted octanol–water partition coefficient (Wildman–Crippen LogP) is 2.35. The van der Waals surface area contributed by atoms with Crippen molar-refractivity contribution in [2.45, 2.75) is 25.4 Å². The van der Waals surface area contributed by atoms with Crippen molar-refractivity contribution in [3.63, 3.8) is 0 Å². The Balaban J connectivity index is 1.80. The molecule has 1 heterocycles. The molecule has 1 aromatic carbocycles. The number of aromatic nitrogens is 2. The van der Waals surface area contributed by atoms with Gasteiger partial charge in [-0.15, -0.1) is 10.2 Å². The Morgan fingerprint density at radius 2 is 2.22 bits per heavy atom. The number of phenols is 1. The van der Waals surface area contributed by atoms with Gasteiger partial charge in [0.2, 0.25) is 11.8 Å². The van der Waals surface area contributed by atoms with Crippen LogP contribution in [0.1, 0.15) is 18.7 Å². The first-order valence-electron chi connectivity index (χ1n) is 5.77. The van der Waals surface area contributed by atoms with Gasteiger partial charge in [0, 0.05) is 6.04 Å². The van der Waals surface area contributed by atoms with Crippen molar-refractivity contribution in [3.05, 3.63) is 29.1 Å². The molecule has 0 spiro atoms. The highest BCUT2D eigenvalue weighted by Gasteiger charge is 2.21. The highest BCUT2D eigenvalue weighted by atomic mass is 35.5. The van der Waals surface area contributed by atoms with Gasteiger partial charge >= 0.3 is 0 Å². The molecule has 0 saturated heterocycles. The number of hydrogen-bond donors (Lipinski definition) is 2. The Morgan fingerprint density at radius 1 is 1.39 bits per heavy atom. The van der Waals surface area contributed by atoms with E-state index in [1.165, 1.54) is 25.0 Å². The van der Waals surface area contributed by atoms with Crippen LogP contribution in [0, 0.1) is 0 Å². The zero-order valence-electron chi connectivity index (χ0n) is 9.56. The maximum absolute atomic E-state index is 9.43. The lowest BCUT2D eigenvalue weighted by Crippen LogP contribution is -2.15. The molecule has 2 N–H and O–H groups in total. The van der Waals surface area contributed by atoms with Crippen LogP contribution in [0.4, 0.5) is 0 Å². The topological polar surface area (TPSA) is 71.2 Å². The number of nitrogens with zero attached hydrogens (tertiary/aromatic N) is 2. The molecular formula is C12H12ClN3O2. The zero-order chi connectivity index (χ0) is 12.5. The average Bonchev–Trinajstić information content (AvgIpc) is 3.08. The molecule has 1 saturated carbocycles. The van der Waals surface area contributed by atoms with Crippen LogP contribution < -0.4 is 5.32 Å². The number of halogens is 1. The van der Waals surface area contributed by atoms with E-state index in [9.17, 15) is 5.11 Å². The Labute approximate surface area is 109 Å². The standard InChI is InChI=1S/C12H12ClN3O2/c13-10-4-3-8(17)5-9(10)12-16-15-11(18-12)6-14-7-1-2-7/h3-5,7,14,17H,1-2,6H2. The van der Waals surface area contributed by atoms with E-state index in [1.807, 2.05) is 0 Å². The van der Waals surface area contributed by atoms with Crippen LogP contribution in [0.3, 0.4) is 0 Å². The van der Waals surface area contributed by atoms with Gasteiger partial charge < -0.3 is 14.8 Å². The van der Waals surface area contributed by atoms with E-state index >= 15 is 0 Å². The van der Waals surface area contributed by atoms with Crippen LogP contribution >= 0.6 is 11.6 Å². The van der Waals surface area contributed by atoms with E-state index < -0.39 is 0 Å². The summed E-state index contributed by atoms with van der Waals surface area (Å²) < 4.78 is 5.50. The number of aromatic hydroxyl groups is 1. The first-order chi connectivity index (χ1) is 8.72. The normalized spacial score (nSPS) is 14.9. The Morgan fingerprint density at radius 3 is 3.00 bits per heavy atom. The highest BCUT2D eigenvalue weighted by Crippen LogP contribution is 2.30. The molecule has 2 aromatic rings. The van der Waals surface area contributed by atoms with Crippen LogP contribution in [0.15, 0.2) is 22.6 Å². The summed E-state index contributed by atoms with van der Waals surface area (Å²) in [5.74, 6) is 0.963. The maximum atomic E-state index is 9.43. The summed E-state index contributed by atoms with van der Waals surface area (Å²) in [5, 5.41) is 21.1. The molecular weight excluding hydrogens is 254 g/mol. The second kappa shape index (κ2) is 4.59. The second-order valence-electron chi connectivity index (χ2n) is 4.32. The van der Waals surface area contributed by atoms with Gasteiger partial charge in [-0.25, -0.2) is 0 Å². The van der Waals surface area contributed by atoms with E-state index in [-0.39, 0.29) is 5.75 Å². The molecule has 1 aliphatic carbocycles. The van der Waals surface area contributed by atoms with Gasteiger partial charge in [-0.1, -0.05) is 11.6 Å². The molecule has 1 aliphatic rings. The third kappa shape index (κ3) is 2.47. The summed E-state index contributed by atoms with van der Waals surface area (Å²) in [6, 6.07) is 5.20. The van der Waals surface area contributed by atoms with Gasteiger partial charge in [0.25, 0.3) is 0 Å². The van der Waals surface area contributed by atoms with Gasteiger partial charge in [0.05, 0.1) is 17.1 Å². The van der Waals surface area contributed by atoms with Crippen LogP contribution in [-0.4, -0.2) is 21.3 Å². The number of benzene rings is 1. The van der Waals surface area contributed by atoms with Crippen molar-refractivity contribution in [2.75, 3.05) is 0 Å². The Bertz CT molecular complexity index is 566. The minimum absolute atomic E-state index is 0.116. The Kier molecular flexibility index (Phi) is 2.93. The molecule has 0 bridgehead atoms. The van der Waals surface area contributed by atoms with Gasteiger partial charge in [-0.2, -0.15) is 0 Å². The number of phenolic OH excluding ortho intramolecular Hbond substituents is 1. The molecule has 0 atom stereocenters. The minimum Gasteiger partial charge on any atom is -0.508 e. The van der Waals surface area contributed by atoms with Gasteiger partial charge in [-0.3, -0.25) is 0 Å². The summed E-state index contributed by atoms with van der Waals surface area (Å²) in [5.41, 5.74) is 0.543. The predicted molar refractivity (Wildman–Crippen MR) is 66.3 cm³/mol. The number of rotatable bonds is 4. The summed E-state index contributed by atoms with van der Waals surface area (Å²) in [4.78, 5) is 0. The molecule has 1 fully saturated rings. The van der Waals surface area contributed by atoms with E-state index in [0.29, 0.717) is 35.0 Å². The van der Waals surface area contributed by atoms with Crippen molar-refractivity contribution in [3.8, 4) is 17.2 Å². The SMILES string of the molecule is Oc1ccc(Cl)c(-c2nnc(CNC3CC3)o2)c1. The van der Waals surface area contributed by atoms with Crippen LogP contribution in [0.5, 0.6) is 5.75 Å².